The number of nitrogens with zero attached hydrogens (tertiary/aromatic N) is 3. The molecule has 3 aromatic carbocycles. The minimum atomic E-state index is -0.377. The SMILES string of the molecule is Cc1ccc(NCc2nnc(SC(C)C(=O)Nc3c(C)cccc3C)n2-c2ccccc2)cc1Cl. The Balaban J connectivity index is 1.55. The fourth-order valence-corrected chi connectivity index (χ4v) is 4.73. The van der Waals surface area contributed by atoms with Gasteiger partial charge < -0.3 is 10.6 Å². The number of nitrogens with one attached hydrogen (secondary N) is 2. The highest BCUT2D eigenvalue weighted by atomic mass is 35.5. The number of anilines is 2. The highest BCUT2D eigenvalue weighted by Crippen LogP contribution is 2.28. The molecule has 0 spiro atoms. The van der Waals surface area contributed by atoms with Crippen LogP contribution in [-0.2, 0) is 11.3 Å². The highest BCUT2D eigenvalue weighted by Gasteiger charge is 2.22. The minimum Gasteiger partial charge on any atom is -0.378 e. The first-order valence-electron chi connectivity index (χ1n) is 11.4. The Morgan fingerprint density at radius 3 is 2.37 bits per heavy atom. The number of rotatable bonds is 8. The van der Waals surface area contributed by atoms with Gasteiger partial charge in [-0.25, -0.2) is 0 Å². The minimum absolute atomic E-state index is 0.0796. The molecule has 1 atom stereocenters. The van der Waals surface area contributed by atoms with Crippen LogP contribution >= 0.6 is 23.4 Å². The molecule has 0 aliphatic rings. The van der Waals surface area contributed by atoms with Gasteiger partial charge in [0.1, 0.15) is 0 Å². The summed E-state index contributed by atoms with van der Waals surface area (Å²) >= 11 is 7.66. The summed E-state index contributed by atoms with van der Waals surface area (Å²) in [5.74, 6) is 0.654. The van der Waals surface area contributed by atoms with Gasteiger partial charge in [-0.2, -0.15) is 0 Å². The Hall–Kier alpha value is -3.29. The van der Waals surface area contributed by atoms with Crippen LogP contribution in [0.4, 0.5) is 11.4 Å². The Morgan fingerprint density at radius 2 is 1.69 bits per heavy atom. The molecule has 0 aliphatic heterocycles. The van der Waals surface area contributed by atoms with Crippen molar-refractivity contribution in [2.24, 2.45) is 0 Å². The van der Waals surface area contributed by atoms with Gasteiger partial charge in [0.2, 0.25) is 5.91 Å². The largest absolute Gasteiger partial charge is 0.378 e. The summed E-state index contributed by atoms with van der Waals surface area (Å²) in [4.78, 5) is 13.0. The van der Waals surface area contributed by atoms with Crippen LogP contribution in [0.15, 0.2) is 71.9 Å². The number of benzene rings is 3. The number of carbonyl (C=O) groups is 1. The summed E-state index contributed by atoms with van der Waals surface area (Å²) in [7, 11) is 0. The normalized spacial score (nSPS) is 11.8. The highest BCUT2D eigenvalue weighted by molar-refractivity contribution is 8.00. The first-order valence-corrected chi connectivity index (χ1v) is 12.6. The van der Waals surface area contributed by atoms with E-state index in [1.54, 1.807) is 0 Å². The third-order valence-electron chi connectivity index (χ3n) is 5.72. The van der Waals surface area contributed by atoms with Crippen LogP contribution in [0, 0.1) is 20.8 Å². The van der Waals surface area contributed by atoms with Crippen LogP contribution in [0.1, 0.15) is 29.4 Å². The third kappa shape index (κ3) is 5.86. The quantitative estimate of drug-likeness (QED) is 0.265. The molecule has 35 heavy (non-hydrogen) atoms. The summed E-state index contributed by atoms with van der Waals surface area (Å²) in [6.07, 6.45) is 0. The van der Waals surface area contributed by atoms with E-state index in [0.717, 1.165) is 39.6 Å². The van der Waals surface area contributed by atoms with Crippen molar-refractivity contribution in [3.05, 3.63) is 94.3 Å². The lowest BCUT2D eigenvalue weighted by atomic mass is 10.1. The Labute approximate surface area is 215 Å². The van der Waals surface area contributed by atoms with E-state index in [1.165, 1.54) is 11.8 Å². The van der Waals surface area contributed by atoms with E-state index < -0.39 is 0 Å². The van der Waals surface area contributed by atoms with Gasteiger partial charge in [0.05, 0.1) is 11.8 Å². The summed E-state index contributed by atoms with van der Waals surface area (Å²) in [6, 6.07) is 21.7. The van der Waals surface area contributed by atoms with Gasteiger partial charge in [-0.1, -0.05) is 65.8 Å². The van der Waals surface area contributed by atoms with Crippen molar-refractivity contribution in [2.45, 2.75) is 44.6 Å². The maximum absolute atomic E-state index is 13.0. The zero-order valence-electron chi connectivity index (χ0n) is 20.2. The molecule has 0 aliphatic carbocycles. The molecule has 0 fully saturated rings. The van der Waals surface area contributed by atoms with Crippen molar-refractivity contribution in [1.29, 1.82) is 0 Å². The number of hydrogen-bond acceptors (Lipinski definition) is 5. The summed E-state index contributed by atoms with van der Waals surface area (Å²) in [5, 5.41) is 16.3. The van der Waals surface area contributed by atoms with Crippen LogP contribution in [0.25, 0.3) is 5.69 Å². The number of carbonyl (C=O) groups excluding carboxylic acids is 1. The van der Waals surface area contributed by atoms with Crippen LogP contribution in [0.3, 0.4) is 0 Å². The van der Waals surface area contributed by atoms with Gasteiger partial charge in [-0.3, -0.25) is 9.36 Å². The molecule has 0 radical (unpaired) electrons. The maximum atomic E-state index is 13.0. The lowest BCUT2D eigenvalue weighted by molar-refractivity contribution is -0.115. The average molecular weight is 506 g/mol. The third-order valence-corrected chi connectivity index (χ3v) is 7.17. The lowest BCUT2D eigenvalue weighted by Gasteiger charge is -2.16. The standard InChI is InChI=1S/C27H28ClN5OS/c1-17-13-14-21(15-23(17)28)29-16-24-31-32-27(33(24)22-11-6-5-7-12-22)35-20(4)26(34)30-25-18(2)9-8-10-19(25)3/h5-15,20,29H,16H2,1-4H3,(H,30,34). The molecule has 0 saturated carbocycles. The number of thioether (sulfide) groups is 1. The molecule has 180 valence electrons. The second kappa shape index (κ2) is 11.0. The zero-order valence-corrected chi connectivity index (χ0v) is 21.7. The van der Waals surface area contributed by atoms with E-state index in [-0.39, 0.29) is 11.2 Å². The Morgan fingerprint density at radius 1 is 0.971 bits per heavy atom. The van der Waals surface area contributed by atoms with E-state index in [9.17, 15) is 4.79 Å². The Kier molecular flexibility index (Phi) is 7.78. The molecule has 8 heteroatoms. The molecule has 0 bridgehead atoms. The number of aryl methyl sites for hydroxylation is 3. The average Bonchev–Trinajstić information content (AvgIpc) is 3.25. The Bertz CT molecular complexity index is 1320. The fraction of sp³-hybridized carbons (Fsp3) is 0.222. The maximum Gasteiger partial charge on any atom is 0.237 e. The summed E-state index contributed by atoms with van der Waals surface area (Å²) in [5.41, 5.74) is 5.78. The van der Waals surface area contributed by atoms with E-state index in [4.69, 9.17) is 11.6 Å². The molecule has 1 unspecified atom stereocenters. The van der Waals surface area contributed by atoms with Gasteiger partial charge in [-0.15, -0.1) is 10.2 Å². The van der Waals surface area contributed by atoms with Gasteiger partial charge in [0.25, 0.3) is 0 Å². The van der Waals surface area contributed by atoms with Crippen LogP contribution in [0.5, 0.6) is 0 Å². The predicted molar refractivity (Wildman–Crippen MR) is 145 cm³/mol. The van der Waals surface area contributed by atoms with Gasteiger partial charge in [0.15, 0.2) is 11.0 Å². The number of hydrogen-bond donors (Lipinski definition) is 2. The van der Waals surface area contributed by atoms with E-state index in [2.05, 4.69) is 20.8 Å². The van der Waals surface area contributed by atoms with Crippen molar-refractivity contribution >= 4 is 40.6 Å². The molecule has 1 heterocycles. The summed E-state index contributed by atoms with van der Waals surface area (Å²) in [6.45, 7) is 8.29. The monoisotopic (exact) mass is 505 g/mol. The van der Waals surface area contributed by atoms with Crippen LogP contribution < -0.4 is 10.6 Å². The smallest absolute Gasteiger partial charge is 0.237 e. The van der Waals surface area contributed by atoms with Crippen molar-refractivity contribution in [1.82, 2.24) is 14.8 Å². The number of amides is 1. The van der Waals surface area contributed by atoms with Gasteiger partial charge in [0, 0.05) is 22.1 Å². The predicted octanol–water partition coefficient (Wildman–Crippen LogP) is 6.58. The molecular formula is C27H28ClN5OS. The fourth-order valence-electron chi connectivity index (χ4n) is 3.66. The van der Waals surface area contributed by atoms with E-state index in [0.29, 0.717) is 16.7 Å². The molecule has 0 saturated heterocycles. The lowest BCUT2D eigenvalue weighted by Crippen LogP contribution is -2.24. The molecule has 6 nitrogen and oxygen atoms in total. The number of halogens is 1. The molecule has 4 rings (SSSR count). The van der Waals surface area contributed by atoms with Crippen LogP contribution in [0.2, 0.25) is 5.02 Å². The van der Waals surface area contributed by atoms with E-state index >= 15 is 0 Å². The second-order valence-electron chi connectivity index (χ2n) is 8.40. The van der Waals surface area contributed by atoms with E-state index in [1.807, 2.05) is 99.0 Å². The molecule has 4 aromatic rings. The molecule has 1 aromatic heterocycles. The second-order valence-corrected chi connectivity index (χ2v) is 10.1. The van der Waals surface area contributed by atoms with Crippen molar-refractivity contribution < 1.29 is 4.79 Å². The summed E-state index contributed by atoms with van der Waals surface area (Å²) < 4.78 is 1.98. The molecule has 2 N–H and O–H groups in total. The molecular weight excluding hydrogens is 478 g/mol. The molecule has 1 amide bonds. The van der Waals surface area contributed by atoms with Crippen molar-refractivity contribution in [3.63, 3.8) is 0 Å². The van der Waals surface area contributed by atoms with Crippen molar-refractivity contribution in [3.8, 4) is 5.69 Å². The first-order chi connectivity index (χ1) is 16.8. The topological polar surface area (TPSA) is 71.8 Å². The zero-order chi connectivity index (χ0) is 24.9. The first kappa shape index (κ1) is 24.8. The van der Waals surface area contributed by atoms with Crippen LogP contribution in [-0.4, -0.2) is 25.9 Å². The van der Waals surface area contributed by atoms with Gasteiger partial charge in [-0.05, 0) is 68.7 Å². The van der Waals surface area contributed by atoms with Gasteiger partial charge >= 0.3 is 0 Å². The number of aromatic nitrogens is 3. The van der Waals surface area contributed by atoms with Crippen molar-refractivity contribution in [2.75, 3.05) is 10.6 Å². The number of para-hydroxylation sites is 2.